The van der Waals surface area contributed by atoms with Crippen LogP contribution in [0.4, 0.5) is 14.5 Å². The zero-order valence-corrected chi connectivity index (χ0v) is 14.1. The van der Waals surface area contributed by atoms with E-state index in [0.717, 1.165) is 0 Å². The molecule has 0 saturated carbocycles. The van der Waals surface area contributed by atoms with Crippen LogP contribution in [-0.4, -0.2) is 31.7 Å². The molecular formula is C18H17F2NO5. The molecule has 1 N–H and O–H groups in total. The van der Waals surface area contributed by atoms with Gasteiger partial charge in [0, 0.05) is 0 Å². The molecule has 0 spiro atoms. The molecule has 0 heterocycles. The Morgan fingerprint density at radius 3 is 2.27 bits per heavy atom. The molecule has 0 aliphatic heterocycles. The van der Waals surface area contributed by atoms with Crippen LogP contribution in [0.1, 0.15) is 17.3 Å². The Kier molecular flexibility index (Phi) is 6.48. The van der Waals surface area contributed by atoms with Crippen LogP contribution >= 0.6 is 0 Å². The number of nitrogens with one attached hydrogen (secondary N) is 1. The quantitative estimate of drug-likeness (QED) is 0.761. The van der Waals surface area contributed by atoms with Crippen LogP contribution in [0.15, 0.2) is 48.5 Å². The van der Waals surface area contributed by atoms with Gasteiger partial charge in [0.05, 0.1) is 18.4 Å². The van der Waals surface area contributed by atoms with Crippen molar-refractivity contribution >= 4 is 17.6 Å². The number of anilines is 1. The van der Waals surface area contributed by atoms with E-state index in [2.05, 4.69) is 14.8 Å². The lowest BCUT2D eigenvalue weighted by Gasteiger charge is -2.16. The number of halogens is 2. The number of esters is 1. The molecule has 0 radical (unpaired) electrons. The largest absolute Gasteiger partial charge is 0.481 e. The van der Waals surface area contributed by atoms with E-state index in [4.69, 9.17) is 4.74 Å². The normalized spacial score (nSPS) is 11.6. The molecule has 26 heavy (non-hydrogen) atoms. The summed E-state index contributed by atoms with van der Waals surface area (Å²) in [6.45, 7) is -1.50. The lowest BCUT2D eigenvalue weighted by Crippen LogP contribution is -2.30. The average molecular weight is 365 g/mol. The Balaban J connectivity index is 2.01. The number of benzene rings is 2. The molecule has 1 amide bonds. The number of carbonyl (C=O) groups is 2. The molecule has 8 heteroatoms. The van der Waals surface area contributed by atoms with Crippen LogP contribution in [-0.2, 0) is 9.53 Å². The fourth-order valence-electron chi connectivity index (χ4n) is 2.05. The first-order valence-electron chi connectivity index (χ1n) is 7.60. The maximum absolute atomic E-state index is 12.4. The molecule has 2 rings (SSSR count). The number of rotatable bonds is 7. The summed E-state index contributed by atoms with van der Waals surface area (Å²) in [5.74, 6) is -0.826. The van der Waals surface area contributed by atoms with Crippen molar-refractivity contribution < 1.29 is 32.6 Å². The standard InChI is InChI=1S/C18H17F2NO5/c1-11(25-13-9-7-12(8-10-13)17(23)24-2)16(22)21-14-5-3-4-6-15(14)26-18(19)20/h3-11,18H,1-2H3,(H,21,22). The number of para-hydroxylation sites is 2. The van der Waals surface area contributed by atoms with Gasteiger partial charge in [-0.15, -0.1) is 0 Å². The minimum atomic E-state index is -3.00. The van der Waals surface area contributed by atoms with Crippen molar-refractivity contribution in [2.45, 2.75) is 19.6 Å². The molecular weight excluding hydrogens is 348 g/mol. The molecule has 0 aliphatic rings. The second kappa shape index (κ2) is 8.80. The molecule has 2 aromatic carbocycles. The number of alkyl halides is 2. The monoisotopic (exact) mass is 365 g/mol. The van der Waals surface area contributed by atoms with Crippen molar-refractivity contribution in [3.8, 4) is 11.5 Å². The van der Waals surface area contributed by atoms with Crippen LogP contribution in [0.3, 0.4) is 0 Å². The minimum Gasteiger partial charge on any atom is -0.481 e. The SMILES string of the molecule is COC(=O)c1ccc(OC(C)C(=O)Nc2ccccc2OC(F)F)cc1. The van der Waals surface area contributed by atoms with Gasteiger partial charge in [-0.25, -0.2) is 4.79 Å². The summed E-state index contributed by atoms with van der Waals surface area (Å²) in [6.07, 6.45) is -0.918. The number of hydrogen-bond acceptors (Lipinski definition) is 5. The van der Waals surface area contributed by atoms with Gasteiger partial charge < -0.3 is 19.5 Å². The van der Waals surface area contributed by atoms with E-state index >= 15 is 0 Å². The van der Waals surface area contributed by atoms with Gasteiger partial charge in [-0.05, 0) is 43.3 Å². The molecule has 0 fully saturated rings. The fraction of sp³-hybridized carbons (Fsp3) is 0.222. The van der Waals surface area contributed by atoms with Crippen LogP contribution < -0.4 is 14.8 Å². The third kappa shape index (κ3) is 5.17. The molecule has 0 saturated heterocycles. The van der Waals surface area contributed by atoms with Gasteiger partial charge in [-0.1, -0.05) is 12.1 Å². The van der Waals surface area contributed by atoms with Crippen molar-refractivity contribution in [3.05, 3.63) is 54.1 Å². The van der Waals surface area contributed by atoms with Crippen molar-refractivity contribution in [2.24, 2.45) is 0 Å². The average Bonchev–Trinajstić information content (AvgIpc) is 2.62. The van der Waals surface area contributed by atoms with Crippen LogP contribution in [0.25, 0.3) is 0 Å². The summed E-state index contributed by atoms with van der Waals surface area (Å²) in [7, 11) is 1.27. The summed E-state index contributed by atoms with van der Waals surface area (Å²) >= 11 is 0. The lowest BCUT2D eigenvalue weighted by atomic mass is 10.2. The Bertz CT molecular complexity index is 764. The number of hydrogen-bond donors (Lipinski definition) is 1. The minimum absolute atomic E-state index is 0.106. The van der Waals surface area contributed by atoms with E-state index in [0.29, 0.717) is 11.3 Å². The number of carbonyl (C=O) groups excluding carboxylic acids is 2. The molecule has 0 bridgehead atoms. The van der Waals surface area contributed by atoms with Gasteiger partial charge in [0.1, 0.15) is 11.5 Å². The predicted molar refractivity (Wildman–Crippen MR) is 89.6 cm³/mol. The van der Waals surface area contributed by atoms with E-state index in [9.17, 15) is 18.4 Å². The zero-order chi connectivity index (χ0) is 19.1. The van der Waals surface area contributed by atoms with Gasteiger partial charge in [-0.2, -0.15) is 8.78 Å². The summed E-state index contributed by atoms with van der Waals surface area (Å²) < 4.78 is 39.2. The van der Waals surface area contributed by atoms with E-state index in [-0.39, 0.29) is 11.4 Å². The molecule has 2 aromatic rings. The van der Waals surface area contributed by atoms with Crippen molar-refractivity contribution in [1.29, 1.82) is 0 Å². The first-order chi connectivity index (χ1) is 12.4. The van der Waals surface area contributed by atoms with E-state index in [1.54, 1.807) is 6.07 Å². The van der Waals surface area contributed by atoms with Crippen LogP contribution in [0.5, 0.6) is 11.5 Å². The number of methoxy groups -OCH3 is 1. The maximum Gasteiger partial charge on any atom is 0.387 e. The number of ether oxygens (including phenoxy) is 3. The second-order valence-electron chi connectivity index (χ2n) is 5.14. The summed E-state index contributed by atoms with van der Waals surface area (Å²) in [5, 5.41) is 2.48. The van der Waals surface area contributed by atoms with E-state index in [1.807, 2.05) is 0 Å². The fourth-order valence-corrected chi connectivity index (χ4v) is 2.05. The molecule has 1 atom stereocenters. The van der Waals surface area contributed by atoms with Crippen molar-refractivity contribution in [3.63, 3.8) is 0 Å². The first kappa shape index (κ1) is 19.2. The van der Waals surface area contributed by atoms with Gasteiger partial charge in [0.25, 0.3) is 5.91 Å². The first-order valence-corrected chi connectivity index (χ1v) is 7.60. The van der Waals surface area contributed by atoms with Crippen molar-refractivity contribution in [2.75, 3.05) is 12.4 Å². The van der Waals surface area contributed by atoms with Crippen LogP contribution in [0.2, 0.25) is 0 Å². The maximum atomic E-state index is 12.4. The lowest BCUT2D eigenvalue weighted by molar-refractivity contribution is -0.122. The highest BCUT2D eigenvalue weighted by atomic mass is 19.3. The number of amides is 1. The van der Waals surface area contributed by atoms with Crippen molar-refractivity contribution in [1.82, 2.24) is 0 Å². The molecule has 1 unspecified atom stereocenters. The highest BCUT2D eigenvalue weighted by Gasteiger charge is 2.18. The Morgan fingerprint density at radius 2 is 1.65 bits per heavy atom. The Labute approximate surface area is 148 Å². The third-order valence-electron chi connectivity index (χ3n) is 3.32. The molecule has 6 nitrogen and oxygen atoms in total. The molecule has 138 valence electrons. The predicted octanol–water partition coefficient (Wildman–Crippen LogP) is 3.48. The summed E-state index contributed by atoms with van der Waals surface area (Å²) in [5.41, 5.74) is 0.448. The zero-order valence-electron chi connectivity index (χ0n) is 14.1. The Morgan fingerprint density at radius 1 is 1.00 bits per heavy atom. The van der Waals surface area contributed by atoms with E-state index < -0.39 is 24.6 Å². The second-order valence-corrected chi connectivity index (χ2v) is 5.14. The van der Waals surface area contributed by atoms with Crippen LogP contribution in [0, 0.1) is 0 Å². The molecule has 0 aliphatic carbocycles. The molecule has 0 aromatic heterocycles. The van der Waals surface area contributed by atoms with Gasteiger partial charge in [-0.3, -0.25) is 4.79 Å². The third-order valence-corrected chi connectivity index (χ3v) is 3.32. The summed E-state index contributed by atoms with van der Waals surface area (Å²) in [6, 6.07) is 11.9. The smallest absolute Gasteiger partial charge is 0.387 e. The highest BCUT2D eigenvalue weighted by Crippen LogP contribution is 2.26. The summed E-state index contributed by atoms with van der Waals surface area (Å²) in [4.78, 5) is 23.6. The van der Waals surface area contributed by atoms with E-state index in [1.165, 1.54) is 56.5 Å². The van der Waals surface area contributed by atoms with Gasteiger partial charge in [0.15, 0.2) is 6.10 Å². The van der Waals surface area contributed by atoms with Gasteiger partial charge in [0.2, 0.25) is 0 Å². The topological polar surface area (TPSA) is 73.9 Å². The van der Waals surface area contributed by atoms with Gasteiger partial charge >= 0.3 is 12.6 Å². The highest BCUT2D eigenvalue weighted by molar-refractivity contribution is 5.95. The Hall–Kier alpha value is -3.16.